The van der Waals surface area contributed by atoms with E-state index in [4.69, 9.17) is 21.6 Å². The summed E-state index contributed by atoms with van der Waals surface area (Å²) in [6.45, 7) is 1.88. The smallest absolute Gasteiger partial charge is 0.433 e. The number of aryl methyl sites for hydroxylation is 1. The molecule has 0 unspecified atom stereocenters. The van der Waals surface area contributed by atoms with Gasteiger partial charge in [0.05, 0.1) is 17.5 Å². The molecule has 0 saturated heterocycles. The average Bonchev–Trinajstić information content (AvgIpc) is 2.76. The van der Waals surface area contributed by atoms with Crippen LogP contribution in [0.25, 0.3) is 11.3 Å². The second-order valence-corrected chi connectivity index (χ2v) is 6.99. The van der Waals surface area contributed by atoms with Crippen LogP contribution in [0.5, 0.6) is 11.5 Å². The van der Waals surface area contributed by atoms with Crippen LogP contribution < -0.4 is 21.5 Å². The molecule has 33 heavy (non-hydrogen) atoms. The number of nitrogens with one attached hydrogen (secondary N) is 2. The Labute approximate surface area is 187 Å². The van der Waals surface area contributed by atoms with Crippen molar-refractivity contribution in [2.24, 2.45) is 5.73 Å². The van der Waals surface area contributed by atoms with Gasteiger partial charge in [0.1, 0.15) is 28.8 Å². The fraction of sp³-hybridized carbons (Fsp3) is 0.182. The predicted octanol–water partition coefficient (Wildman–Crippen LogP) is 4.15. The Morgan fingerprint density at radius 1 is 1.15 bits per heavy atom. The zero-order chi connectivity index (χ0) is 24.3. The summed E-state index contributed by atoms with van der Waals surface area (Å²) >= 11 is 0. The number of hydrogen-bond donors (Lipinski definition) is 4. The van der Waals surface area contributed by atoms with Crippen LogP contribution in [0, 0.1) is 5.41 Å². The van der Waals surface area contributed by atoms with Gasteiger partial charge in [0.15, 0.2) is 0 Å². The number of nitrogens with zero attached hydrogens (tertiary/aromatic N) is 2. The monoisotopic (exact) mass is 458 g/mol. The highest BCUT2D eigenvalue weighted by Gasteiger charge is 2.37. The van der Waals surface area contributed by atoms with Crippen LogP contribution in [0.1, 0.15) is 28.4 Å². The number of primary amides is 1. The number of hydrogen-bond acceptors (Lipinski definition) is 7. The largest absolute Gasteiger partial charge is 0.456 e. The van der Waals surface area contributed by atoms with Crippen LogP contribution in [0.4, 0.5) is 24.8 Å². The summed E-state index contributed by atoms with van der Waals surface area (Å²) in [5, 5.41) is 9.98. The molecule has 1 amide bonds. The maximum absolute atomic E-state index is 13.1. The summed E-state index contributed by atoms with van der Waals surface area (Å²) in [7, 11) is 1.40. The summed E-state index contributed by atoms with van der Waals surface area (Å²) in [4.78, 5) is 19.8. The first-order valence-corrected chi connectivity index (χ1v) is 9.76. The lowest BCUT2D eigenvalue weighted by Gasteiger charge is -2.14. The van der Waals surface area contributed by atoms with E-state index in [1.807, 2.05) is 6.92 Å². The molecule has 6 N–H and O–H groups in total. The molecule has 2 heterocycles. The number of carbonyl (C=O) groups excluding carboxylic acids is 1. The predicted molar refractivity (Wildman–Crippen MR) is 119 cm³/mol. The number of amides is 1. The molecule has 0 bridgehead atoms. The fourth-order valence-electron chi connectivity index (χ4n) is 3.20. The van der Waals surface area contributed by atoms with E-state index >= 15 is 0 Å². The average molecular weight is 458 g/mol. The first-order chi connectivity index (χ1) is 15.5. The third-order valence-electron chi connectivity index (χ3n) is 4.75. The molecule has 2 aromatic heterocycles. The van der Waals surface area contributed by atoms with Gasteiger partial charge in [-0.3, -0.25) is 10.2 Å². The number of nitrogens with two attached hydrogens (primary N) is 2. The third kappa shape index (κ3) is 5.20. The summed E-state index contributed by atoms with van der Waals surface area (Å²) in [5.74, 6) is -0.351. The van der Waals surface area contributed by atoms with Crippen LogP contribution in [-0.2, 0) is 6.42 Å². The van der Waals surface area contributed by atoms with Crippen molar-refractivity contribution < 1.29 is 22.7 Å². The molecular weight excluding hydrogens is 437 g/mol. The maximum atomic E-state index is 13.1. The Morgan fingerprint density at radius 2 is 1.88 bits per heavy atom. The van der Waals surface area contributed by atoms with Crippen LogP contribution in [0.15, 0.2) is 42.6 Å². The molecule has 0 saturated carbocycles. The Kier molecular flexibility index (Phi) is 6.52. The zero-order valence-corrected chi connectivity index (χ0v) is 17.7. The van der Waals surface area contributed by atoms with E-state index < -0.39 is 23.4 Å². The number of carbonyl (C=O) groups is 1. The van der Waals surface area contributed by atoms with Crippen LogP contribution in [-0.4, -0.2) is 34.8 Å². The van der Waals surface area contributed by atoms with Gasteiger partial charge in [-0.15, -0.1) is 0 Å². The molecule has 0 radical (unpaired) electrons. The summed E-state index contributed by atoms with van der Waals surface area (Å²) < 4.78 is 44.9. The van der Waals surface area contributed by atoms with E-state index in [0.29, 0.717) is 23.2 Å². The van der Waals surface area contributed by atoms with Crippen molar-refractivity contribution >= 4 is 23.3 Å². The van der Waals surface area contributed by atoms with Gasteiger partial charge in [0.25, 0.3) is 0 Å². The highest BCUT2D eigenvalue weighted by Crippen LogP contribution is 2.32. The molecule has 11 heteroatoms. The lowest BCUT2D eigenvalue weighted by atomic mass is 9.99. The second-order valence-electron chi connectivity index (χ2n) is 6.99. The number of aromatic nitrogens is 2. The molecule has 0 atom stereocenters. The molecule has 172 valence electrons. The summed E-state index contributed by atoms with van der Waals surface area (Å²) in [6.07, 6.45) is -3.06. The number of alkyl halides is 3. The highest BCUT2D eigenvalue weighted by atomic mass is 19.4. The molecule has 3 rings (SSSR count). The summed E-state index contributed by atoms with van der Waals surface area (Å²) in [6, 6.07) is 9.05. The van der Waals surface area contributed by atoms with E-state index in [1.165, 1.54) is 19.3 Å². The van der Waals surface area contributed by atoms with E-state index in [0.717, 1.165) is 11.6 Å². The Hall–Kier alpha value is -4.15. The molecule has 1 aromatic carbocycles. The number of anilines is 2. The van der Waals surface area contributed by atoms with Gasteiger partial charge in [-0.25, -0.2) is 9.97 Å². The van der Waals surface area contributed by atoms with Crippen molar-refractivity contribution in [1.29, 1.82) is 5.41 Å². The quantitative estimate of drug-likeness (QED) is 0.392. The minimum absolute atomic E-state index is 0.0205. The van der Waals surface area contributed by atoms with Crippen molar-refractivity contribution in [3.63, 3.8) is 0 Å². The molecular formula is C22H21F3N6O2. The fourth-order valence-corrected chi connectivity index (χ4v) is 3.20. The number of ether oxygens (including phenoxy) is 1. The van der Waals surface area contributed by atoms with Crippen molar-refractivity contribution in [2.45, 2.75) is 19.5 Å². The van der Waals surface area contributed by atoms with Gasteiger partial charge >= 0.3 is 6.18 Å². The maximum Gasteiger partial charge on any atom is 0.433 e. The SMILES string of the molecule is CCc1cc(-c2cc(Oc3cnc(NC)c(C(=N)C(F)(F)F)c3)cc(N)n2)ccc1C(N)=O. The van der Waals surface area contributed by atoms with Crippen molar-refractivity contribution in [1.82, 2.24) is 9.97 Å². The molecule has 8 nitrogen and oxygen atoms in total. The lowest BCUT2D eigenvalue weighted by Crippen LogP contribution is -2.24. The van der Waals surface area contributed by atoms with E-state index in [2.05, 4.69) is 15.3 Å². The van der Waals surface area contributed by atoms with Gasteiger partial charge in [-0.2, -0.15) is 13.2 Å². The number of rotatable bonds is 7. The first kappa shape index (κ1) is 23.5. The third-order valence-corrected chi connectivity index (χ3v) is 4.75. The highest BCUT2D eigenvalue weighted by molar-refractivity contribution is 6.06. The number of pyridine rings is 2. The van der Waals surface area contributed by atoms with E-state index in [1.54, 1.807) is 24.3 Å². The van der Waals surface area contributed by atoms with Crippen LogP contribution in [0.3, 0.4) is 0 Å². The van der Waals surface area contributed by atoms with Gasteiger partial charge in [-0.1, -0.05) is 13.0 Å². The minimum Gasteiger partial charge on any atom is -0.456 e. The Bertz CT molecular complexity index is 1230. The van der Waals surface area contributed by atoms with Gasteiger partial charge < -0.3 is 21.5 Å². The molecule has 0 fully saturated rings. The number of benzene rings is 1. The number of nitrogen functional groups attached to an aromatic ring is 1. The Balaban J connectivity index is 1.99. The van der Waals surface area contributed by atoms with Gasteiger partial charge in [0.2, 0.25) is 5.91 Å². The standard InChI is InChI=1S/C22H21F3N6O2/c1-3-11-6-12(4-5-15(11)20(28)32)17-8-13(9-18(26)31-17)33-14-7-16(19(27)22(23,24)25)21(29-2)30-10-14/h4-10,27H,3H2,1-2H3,(H2,26,31)(H2,28,32)(H,29,30). The molecule has 0 aliphatic heterocycles. The molecule has 3 aromatic rings. The van der Waals surface area contributed by atoms with Crippen molar-refractivity contribution in [2.75, 3.05) is 18.1 Å². The van der Waals surface area contributed by atoms with Crippen molar-refractivity contribution in [3.8, 4) is 22.8 Å². The normalized spacial score (nSPS) is 11.2. The second kappa shape index (κ2) is 9.15. The van der Waals surface area contributed by atoms with Crippen LogP contribution >= 0.6 is 0 Å². The van der Waals surface area contributed by atoms with Gasteiger partial charge in [-0.05, 0) is 30.2 Å². The molecule has 0 aliphatic carbocycles. The van der Waals surface area contributed by atoms with Gasteiger partial charge in [0, 0.05) is 30.3 Å². The van der Waals surface area contributed by atoms with E-state index in [-0.39, 0.29) is 23.1 Å². The number of halogens is 3. The Morgan fingerprint density at radius 3 is 2.48 bits per heavy atom. The minimum atomic E-state index is -4.85. The lowest BCUT2D eigenvalue weighted by molar-refractivity contribution is -0.0587. The topological polar surface area (TPSA) is 140 Å². The van der Waals surface area contributed by atoms with Crippen molar-refractivity contribution in [3.05, 3.63) is 59.3 Å². The van der Waals surface area contributed by atoms with E-state index in [9.17, 15) is 18.0 Å². The van der Waals surface area contributed by atoms with Crippen LogP contribution in [0.2, 0.25) is 0 Å². The molecule has 0 spiro atoms. The first-order valence-electron chi connectivity index (χ1n) is 9.76. The summed E-state index contributed by atoms with van der Waals surface area (Å²) in [5.41, 5.74) is 11.5. The zero-order valence-electron chi connectivity index (χ0n) is 17.7. The molecule has 0 aliphatic rings.